The molecule has 0 saturated heterocycles. The van der Waals surface area contributed by atoms with Crippen LogP contribution in [-0.4, -0.2) is 21.3 Å². The quantitative estimate of drug-likeness (QED) is 0.330. The van der Waals surface area contributed by atoms with Gasteiger partial charge in [0.05, 0.1) is 14.8 Å². The molecule has 2 aromatic rings. The van der Waals surface area contributed by atoms with E-state index in [0.717, 1.165) is 0 Å². The summed E-state index contributed by atoms with van der Waals surface area (Å²) in [7, 11) is -3.77. The largest absolute Gasteiger partial charge is 0.338 e. The summed E-state index contributed by atoms with van der Waals surface area (Å²) in [6, 6.07) is 10.7. The van der Waals surface area contributed by atoms with E-state index in [0.29, 0.717) is 11.8 Å². The van der Waals surface area contributed by atoms with E-state index in [-0.39, 0.29) is 33.6 Å². The van der Waals surface area contributed by atoms with E-state index in [1.54, 1.807) is 25.1 Å². The summed E-state index contributed by atoms with van der Waals surface area (Å²) in [5.41, 5.74) is 0.687. The Hall–Kier alpha value is -1.89. The molecule has 0 saturated carbocycles. The lowest BCUT2D eigenvalue weighted by Gasteiger charge is -2.10. The van der Waals surface area contributed by atoms with Crippen LogP contribution in [0.3, 0.4) is 0 Å². The first-order chi connectivity index (χ1) is 10.9. The van der Waals surface area contributed by atoms with E-state index >= 15 is 0 Å². The first kappa shape index (κ1) is 17.5. The molecule has 0 unspecified atom stereocenters. The molecule has 0 aliphatic carbocycles. The van der Waals surface area contributed by atoms with Gasteiger partial charge in [0.15, 0.2) is 5.75 Å². The highest BCUT2D eigenvalue weighted by Gasteiger charge is 2.21. The second kappa shape index (κ2) is 7.59. The maximum Gasteiger partial charge on any atom is 0.208 e. The van der Waals surface area contributed by atoms with Crippen molar-refractivity contribution in [2.75, 3.05) is 6.61 Å². The molecule has 0 aliphatic heterocycles. The number of rotatable bonds is 7. The fraction of sp³-hybridized carbons (Fsp3) is 0.188. The van der Waals surface area contributed by atoms with Crippen LogP contribution in [0, 0.1) is 6.92 Å². The Bertz CT molecular complexity index is 802. The number of halogens is 1. The molecular weight excluding hydrogens is 340 g/mol. The van der Waals surface area contributed by atoms with E-state index < -0.39 is 9.84 Å². The molecule has 0 radical (unpaired) electrons. The summed E-state index contributed by atoms with van der Waals surface area (Å²) in [5, 5.41) is 0.152. The molecule has 2 aromatic carbocycles. The van der Waals surface area contributed by atoms with Gasteiger partial charge >= 0.3 is 0 Å². The van der Waals surface area contributed by atoms with Crippen LogP contribution in [-0.2, 0) is 19.5 Å². The molecule has 7 heteroatoms. The summed E-state index contributed by atoms with van der Waals surface area (Å²) in [6.07, 6.45) is 0.892. The maximum atomic E-state index is 12.7. The molecule has 0 bridgehead atoms. The average Bonchev–Trinajstić information content (AvgIpc) is 2.51. The van der Waals surface area contributed by atoms with Gasteiger partial charge in [-0.15, -0.1) is 0 Å². The van der Waals surface area contributed by atoms with E-state index in [4.69, 9.17) is 21.4 Å². The zero-order valence-corrected chi connectivity index (χ0v) is 13.9. The van der Waals surface area contributed by atoms with E-state index in [2.05, 4.69) is 0 Å². The van der Waals surface area contributed by atoms with Gasteiger partial charge in [-0.1, -0.05) is 23.7 Å². The minimum absolute atomic E-state index is 0.0279. The minimum Gasteiger partial charge on any atom is -0.338 e. The fourth-order valence-corrected chi connectivity index (χ4v) is 3.80. The van der Waals surface area contributed by atoms with E-state index in [1.807, 2.05) is 0 Å². The van der Waals surface area contributed by atoms with Crippen LogP contribution in [0.2, 0.25) is 5.02 Å². The Balaban J connectivity index is 2.34. The highest BCUT2D eigenvalue weighted by Crippen LogP contribution is 2.30. The molecule has 2 rings (SSSR count). The van der Waals surface area contributed by atoms with Crippen molar-refractivity contribution < 1.29 is 23.0 Å². The zero-order chi connectivity index (χ0) is 16.9. The molecule has 0 spiro atoms. The van der Waals surface area contributed by atoms with Crippen molar-refractivity contribution in [1.82, 2.24) is 0 Å². The lowest BCUT2D eigenvalue weighted by atomic mass is 10.2. The van der Waals surface area contributed by atoms with Crippen LogP contribution in [0.1, 0.15) is 12.0 Å². The van der Waals surface area contributed by atoms with Crippen molar-refractivity contribution in [2.24, 2.45) is 0 Å². The van der Waals surface area contributed by atoms with Crippen molar-refractivity contribution in [3.05, 3.63) is 53.1 Å². The Kier molecular flexibility index (Phi) is 5.76. The summed E-state index contributed by atoms with van der Waals surface area (Å²) in [4.78, 5) is 20.2. The molecule has 0 aromatic heterocycles. The summed E-state index contributed by atoms with van der Waals surface area (Å²) in [5.74, 6) is 0.238. The Morgan fingerprint density at radius 2 is 1.91 bits per heavy atom. The van der Waals surface area contributed by atoms with Gasteiger partial charge in [-0.05, 0) is 36.8 Å². The number of aldehydes is 1. The Morgan fingerprint density at radius 3 is 2.61 bits per heavy atom. The molecule has 0 atom stereocenters. The topological polar surface area (TPSA) is 69.7 Å². The van der Waals surface area contributed by atoms with Crippen molar-refractivity contribution in [3.8, 4) is 5.75 Å². The average molecular weight is 355 g/mol. The third-order valence-corrected chi connectivity index (χ3v) is 5.17. The van der Waals surface area contributed by atoms with Gasteiger partial charge in [-0.3, -0.25) is 0 Å². The van der Waals surface area contributed by atoms with Crippen LogP contribution in [0.5, 0.6) is 5.75 Å². The van der Waals surface area contributed by atoms with Crippen molar-refractivity contribution in [3.63, 3.8) is 0 Å². The Morgan fingerprint density at radius 1 is 1.17 bits per heavy atom. The normalized spacial score (nSPS) is 11.2. The highest BCUT2D eigenvalue weighted by atomic mass is 35.5. The zero-order valence-electron chi connectivity index (χ0n) is 12.4. The summed E-state index contributed by atoms with van der Waals surface area (Å²) < 4.78 is 25.4. The van der Waals surface area contributed by atoms with Crippen LogP contribution < -0.4 is 4.89 Å². The molecule has 5 nitrogen and oxygen atoms in total. The van der Waals surface area contributed by atoms with Crippen molar-refractivity contribution in [2.45, 2.75) is 23.1 Å². The highest BCUT2D eigenvalue weighted by molar-refractivity contribution is 7.91. The maximum absolute atomic E-state index is 12.7. The predicted molar refractivity (Wildman–Crippen MR) is 85.3 cm³/mol. The molecule has 23 heavy (non-hydrogen) atoms. The molecule has 0 aliphatic rings. The number of aryl methyl sites for hydroxylation is 1. The SMILES string of the molecule is Cc1cc(OOCCC=O)cc(S(=O)(=O)c2ccccc2Cl)c1. The first-order valence-electron chi connectivity index (χ1n) is 6.79. The minimum atomic E-state index is -3.77. The van der Waals surface area contributed by atoms with Crippen molar-refractivity contribution in [1.29, 1.82) is 0 Å². The van der Waals surface area contributed by atoms with Gasteiger partial charge in [-0.25, -0.2) is 8.42 Å². The fourth-order valence-electron chi connectivity index (χ4n) is 1.91. The lowest BCUT2D eigenvalue weighted by Crippen LogP contribution is -2.05. The molecule has 0 heterocycles. The lowest BCUT2D eigenvalue weighted by molar-refractivity contribution is -0.206. The standard InChI is InChI=1S/C16H15ClO5S/c1-12-9-13(22-21-8-4-7-18)11-14(10-12)23(19,20)16-6-3-2-5-15(16)17/h2-3,5-7,9-11H,4,8H2,1H3. The molecule has 0 amide bonds. The number of sulfone groups is 1. The second-order valence-electron chi connectivity index (χ2n) is 4.78. The number of hydrogen-bond acceptors (Lipinski definition) is 5. The van der Waals surface area contributed by atoms with Gasteiger partial charge in [0.25, 0.3) is 0 Å². The smallest absolute Gasteiger partial charge is 0.208 e. The molecule has 0 fully saturated rings. The summed E-state index contributed by atoms with van der Waals surface area (Å²) in [6.45, 7) is 1.83. The number of hydrogen-bond donors (Lipinski definition) is 0. The van der Waals surface area contributed by atoms with E-state index in [9.17, 15) is 13.2 Å². The summed E-state index contributed by atoms with van der Waals surface area (Å²) >= 11 is 5.99. The van der Waals surface area contributed by atoms with Crippen LogP contribution in [0.15, 0.2) is 52.3 Å². The number of carbonyl (C=O) groups excluding carboxylic acids is 1. The Labute approximate surface area is 139 Å². The third-order valence-electron chi connectivity index (χ3n) is 2.94. The number of carbonyl (C=O) groups is 1. The van der Waals surface area contributed by atoms with E-state index in [1.165, 1.54) is 24.3 Å². The number of benzene rings is 2. The second-order valence-corrected chi connectivity index (χ2v) is 7.10. The van der Waals surface area contributed by atoms with Crippen LogP contribution in [0.4, 0.5) is 0 Å². The van der Waals surface area contributed by atoms with Gasteiger partial charge in [0, 0.05) is 12.5 Å². The van der Waals surface area contributed by atoms with Gasteiger partial charge in [0.2, 0.25) is 9.84 Å². The monoisotopic (exact) mass is 354 g/mol. The van der Waals surface area contributed by atoms with Crippen LogP contribution >= 0.6 is 11.6 Å². The third kappa shape index (κ3) is 4.31. The van der Waals surface area contributed by atoms with Crippen LogP contribution in [0.25, 0.3) is 0 Å². The van der Waals surface area contributed by atoms with Crippen molar-refractivity contribution >= 4 is 27.7 Å². The van der Waals surface area contributed by atoms with Gasteiger partial charge < -0.3 is 9.68 Å². The molecule has 122 valence electrons. The molecular formula is C16H15ClO5S. The van der Waals surface area contributed by atoms with Gasteiger partial charge in [-0.2, -0.15) is 4.89 Å². The first-order valence-corrected chi connectivity index (χ1v) is 8.65. The molecule has 0 N–H and O–H groups in total. The predicted octanol–water partition coefficient (Wildman–Crippen LogP) is 3.38. The van der Waals surface area contributed by atoms with Gasteiger partial charge in [0.1, 0.15) is 12.9 Å².